The van der Waals surface area contributed by atoms with Crippen LogP contribution >= 0.6 is 11.6 Å². The number of H-pyrrole nitrogens is 2. The number of imidazole rings is 1. The summed E-state index contributed by atoms with van der Waals surface area (Å²) in [7, 11) is 0. The van der Waals surface area contributed by atoms with Gasteiger partial charge in [0.2, 0.25) is 5.91 Å². The molecule has 0 aliphatic carbocycles. The molecular formula is C25H21ClF4N7O3+. The van der Waals surface area contributed by atoms with Gasteiger partial charge in [0.1, 0.15) is 17.6 Å². The number of aromatic nitrogens is 4. The second-order valence-corrected chi connectivity index (χ2v) is 9.45. The van der Waals surface area contributed by atoms with Crippen LogP contribution in [0.15, 0.2) is 49.1 Å². The zero-order valence-electron chi connectivity index (χ0n) is 20.5. The minimum Gasteiger partial charge on any atom is -0.378 e. The molecule has 1 aliphatic heterocycles. The van der Waals surface area contributed by atoms with Crippen molar-refractivity contribution in [3.63, 3.8) is 0 Å². The number of hydrogen-bond acceptors (Lipinski definition) is 6. The number of nitrogens with one attached hydrogen (secondary N) is 5. The maximum absolute atomic E-state index is 13.4. The van der Waals surface area contributed by atoms with E-state index < -0.39 is 34.9 Å². The number of ether oxygens (including phenoxy) is 1. The van der Waals surface area contributed by atoms with Crippen LogP contribution in [0.1, 0.15) is 28.0 Å². The van der Waals surface area contributed by atoms with Crippen molar-refractivity contribution < 1.29 is 36.9 Å². The molecule has 5 N–H and O–H groups in total. The van der Waals surface area contributed by atoms with Gasteiger partial charge in [-0.25, -0.2) is 9.37 Å². The minimum atomic E-state index is -4.79. The molecule has 4 heterocycles. The maximum atomic E-state index is 13.4. The molecule has 3 aromatic heterocycles. The maximum Gasteiger partial charge on any atom is 0.418 e. The number of halogens is 5. The van der Waals surface area contributed by atoms with E-state index in [1.807, 2.05) is 0 Å². The Balaban J connectivity index is 1.26. The van der Waals surface area contributed by atoms with Gasteiger partial charge >= 0.3 is 6.18 Å². The van der Waals surface area contributed by atoms with Crippen LogP contribution in [-0.2, 0) is 22.3 Å². The van der Waals surface area contributed by atoms with Gasteiger partial charge in [0.05, 0.1) is 52.6 Å². The Morgan fingerprint density at radius 3 is 2.73 bits per heavy atom. The van der Waals surface area contributed by atoms with Crippen LogP contribution in [0.3, 0.4) is 0 Å². The van der Waals surface area contributed by atoms with Crippen LogP contribution in [0.4, 0.5) is 28.9 Å². The number of fused-ring (bicyclic) bond motifs is 1. The summed E-state index contributed by atoms with van der Waals surface area (Å²) in [6.07, 6.45) is -0.380. The van der Waals surface area contributed by atoms with E-state index >= 15 is 0 Å². The first-order chi connectivity index (χ1) is 19.0. The first-order valence-corrected chi connectivity index (χ1v) is 12.2. The van der Waals surface area contributed by atoms with Crippen molar-refractivity contribution in [1.29, 1.82) is 0 Å². The average molecular weight is 579 g/mol. The Bertz CT molecular complexity index is 1590. The molecule has 0 unspecified atom stereocenters. The number of hydrogen-bond donors (Lipinski definition) is 4. The number of amides is 2. The first kappa shape index (κ1) is 27.3. The molecule has 1 aliphatic rings. The molecular weight excluding hydrogens is 558 g/mol. The zero-order valence-corrected chi connectivity index (χ0v) is 21.2. The first-order valence-electron chi connectivity index (χ1n) is 11.9. The molecule has 5 rings (SSSR count). The van der Waals surface area contributed by atoms with E-state index in [2.05, 4.69) is 35.9 Å². The Morgan fingerprint density at radius 1 is 1.18 bits per heavy atom. The molecule has 4 aromatic rings. The Morgan fingerprint density at radius 2 is 2.00 bits per heavy atom. The number of pyridine rings is 2. The van der Waals surface area contributed by atoms with Gasteiger partial charge in [-0.1, -0.05) is 11.6 Å². The highest BCUT2D eigenvalue weighted by atomic mass is 35.5. The van der Waals surface area contributed by atoms with Crippen LogP contribution in [0.5, 0.6) is 0 Å². The molecule has 0 saturated carbocycles. The summed E-state index contributed by atoms with van der Waals surface area (Å²) in [6.45, 7) is 0.0603. The van der Waals surface area contributed by atoms with Gasteiger partial charge in [0, 0.05) is 13.0 Å². The van der Waals surface area contributed by atoms with Gasteiger partial charge in [0.15, 0.2) is 11.8 Å². The van der Waals surface area contributed by atoms with Crippen molar-refractivity contribution in [3.8, 4) is 0 Å². The van der Waals surface area contributed by atoms with E-state index in [0.29, 0.717) is 17.2 Å². The summed E-state index contributed by atoms with van der Waals surface area (Å²) >= 11 is 6.29. The molecule has 208 valence electrons. The lowest BCUT2D eigenvalue weighted by molar-refractivity contribution is -0.347. The van der Waals surface area contributed by atoms with Gasteiger partial charge < -0.3 is 20.7 Å². The fraction of sp³-hybridized carbons (Fsp3) is 0.240. The van der Waals surface area contributed by atoms with Crippen LogP contribution in [0, 0.1) is 5.82 Å². The molecule has 1 saturated heterocycles. The van der Waals surface area contributed by atoms with Gasteiger partial charge in [0.25, 0.3) is 11.6 Å². The summed E-state index contributed by atoms with van der Waals surface area (Å²) in [5.74, 6) is -2.07. The summed E-state index contributed by atoms with van der Waals surface area (Å²) in [4.78, 5) is 40.3. The number of carbonyl (C=O) groups excluding carboxylic acids is 2. The number of carbonyl (C=O) groups is 2. The van der Waals surface area contributed by atoms with Crippen LogP contribution in [-0.4, -0.2) is 45.5 Å². The molecule has 1 atom stereocenters. The number of aromatic amines is 2. The van der Waals surface area contributed by atoms with E-state index in [1.165, 1.54) is 18.5 Å². The number of benzene rings is 1. The molecule has 10 nitrogen and oxygen atoms in total. The van der Waals surface area contributed by atoms with E-state index in [9.17, 15) is 27.2 Å². The molecule has 0 radical (unpaired) electrons. The van der Waals surface area contributed by atoms with Crippen LogP contribution < -0.4 is 20.9 Å². The smallest absolute Gasteiger partial charge is 0.378 e. The van der Waals surface area contributed by atoms with Crippen molar-refractivity contribution in [2.45, 2.75) is 24.7 Å². The quantitative estimate of drug-likeness (QED) is 0.248. The highest BCUT2D eigenvalue weighted by molar-refractivity contribution is 6.31. The number of anilines is 2. The average Bonchev–Trinajstić information content (AvgIpc) is 3.58. The van der Waals surface area contributed by atoms with Crippen LogP contribution in [0.2, 0.25) is 5.02 Å². The SMILES string of the molecule is O=C(N[C@@]1(C(=O)NCc2ncc(Nc3ccc(F)cc3C(F)(F)F)cc2Cl)CCOC1)c1cnc2[nH+]c[nH]c2c1. The standard InChI is InChI=1S/C25H20ClF4N7O3/c26-17-7-15(36-18-2-1-14(27)6-16(18)25(28,29)30)9-31-20(17)10-33-23(39)24(3-4-40-11-24)37-22(38)13-5-19-21(32-8-13)35-12-34-19/h1-2,5-9,12,36H,3-4,10-11H2,(H,33,39)(H,37,38)(H,32,34,35)/p+1/t24-/m0/s1. The van der Waals surface area contributed by atoms with Crippen molar-refractivity contribution in [3.05, 3.63) is 76.7 Å². The highest BCUT2D eigenvalue weighted by Crippen LogP contribution is 2.37. The van der Waals surface area contributed by atoms with Crippen molar-refractivity contribution >= 4 is 46.0 Å². The van der Waals surface area contributed by atoms with E-state index in [0.717, 1.165) is 12.1 Å². The summed E-state index contributed by atoms with van der Waals surface area (Å²) in [5.41, 5.74) is -1.14. The van der Waals surface area contributed by atoms with Gasteiger partial charge in [-0.3, -0.25) is 19.6 Å². The van der Waals surface area contributed by atoms with Crippen molar-refractivity contribution in [2.24, 2.45) is 0 Å². The Hall–Kier alpha value is -4.30. The van der Waals surface area contributed by atoms with Gasteiger partial charge in [-0.2, -0.15) is 13.2 Å². The molecule has 40 heavy (non-hydrogen) atoms. The second-order valence-electron chi connectivity index (χ2n) is 9.04. The van der Waals surface area contributed by atoms with E-state index in [4.69, 9.17) is 16.3 Å². The normalized spacial score (nSPS) is 17.1. The predicted octanol–water partition coefficient (Wildman–Crippen LogP) is 3.53. The largest absolute Gasteiger partial charge is 0.418 e. The van der Waals surface area contributed by atoms with Crippen LogP contribution in [0.25, 0.3) is 11.2 Å². The third-order valence-electron chi connectivity index (χ3n) is 6.30. The fourth-order valence-electron chi connectivity index (χ4n) is 4.20. The number of rotatable bonds is 7. The zero-order chi connectivity index (χ0) is 28.5. The lowest BCUT2D eigenvalue weighted by Crippen LogP contribution is -2.59. The lowest BCUT2D eigenvalue weighted by atomic mass is 9.96. The fourth-order valence-corrected chi connectivity index (χ4v) is 4.43. The Labute approximate surface area is 228 Å². The Kier molecular flexibility index (Phi) is 7.29. The second kappa shape index (κ2) is 10.7. The van der Waals surface area contributed by atoms with E-state index in [-0.39, 0.29) is 53.8 Å². The third kappa shape index (κ3) is 5.67. The molecule has 1 aromatic carbocycles. The summed E-state index contributed by atoms with van der Waals surface area (Å²) in [5, 5.41) is 8.04. The number of alkyl halides is 3. The van der Waals surface area contributed by atoms with Crippen molar-refractivity contribution in [1.82, 2.24) is 25.6 Å². The molecule has 1 fully saturated rings. The molecule has 0 bridgehead atoms. The lowest BCUT2D eigenvalue weighted by Gasteiger charge is -2.27. The van der Waals surface area contributed by atoms with Gasteiger partial charge in [-0.05, 0) is 30.3 Å². The number of nitrogens with zero attached hydrogens (tertiary/aromatic N) is 2. The topological polar surface area (TPSA) is 135 Å². The molecule has 15 heteroatoms. The molecule has 2 amide bonds. The third-order valence-corrected chi connectivity index (χ3v) is 6.62. The summed E-state index contributed by atoms with van der Waals surface area (Å²) in [6, 6.07) is 5.17. The molecule has 0 spiro atoms. The van der Waals surface area contributed by atoms with Gasteiger partial charge in [-0.15, -0.1) is 4.98 Å². The monoisotopic (exact) mass is 578 g/mol. The minimum absolute atomic E-state index is 0.0558. The predicted molar refractivity (Wildman–Crippen MR) is 134 cm³/mol. The van der Waals surface area contributed by atoms with E-state index in [1.54, 1.807) is 12.4 Å². The summed E-state index contributed by atoms with van der Waals surface area (Å²) < 4.78 is 58.7. The van der Waals surface area contributed by atoms with Crippen molar-refractivity contribution in [2.75, 3.05) is 18.5 Å². The highest BCUT2D eigenvalue weighted by Gasteiger charge is 2.44.